The summed E-state index contributed by atoms with van der Waals surface area (Å²) >= 11 is 0. The standard InChI is InChI=1S/C13H16F3NO/c14-13(15,16)11-5-1-2-6-12(11)17-8-3-4-10(17)7-9-18/h1-2,5-6,10,18H,3-4,7-9H2. The Balaban J connectivity index is 2.33. The van der Waals surface area contributed by atoms with Crippen LogP contribution in [0.4, 0.5) is 18.9 Å². The second kappa shape index (κ2) is 5.18. The summed E-state index contributed by atoms with van der Waals surface area (Å²) in [5.41, 5.74) is -0.351. The summed E-state index contributed by atoms with van der Waals surface area (Å²) in [6.07, 6.45) is -2.10. The van der Waals surface area contributed by atoms with E-state index >= 15 is 0 Å². The molecule has 5 heteroatoms. The summed E-state index contributed by atoms with van der Waals surface area (Å²) < 4.78 is 38.8. The number of benzene rings is 1. The Kier molecular flexibility index (Phi) is 3.80. The predicted octanol–water partition coefficient (Wildman–Crippen LogP) is 3.06. The molecule has 1 aromatic rings. The maximum absolute atomic E-state index is 12.9. The van der Waals surface area contributed by atoms with E-state index in [1.165, 1.54) is 12.1 Å². The van der Waals surface area contributed by atoms with Crippen molar-refractivity contribution >= 4 is 5.69 Å². The third-order valence-electron chi connectivity index (χ3n) is 3.36. The maximum atomic E-state index is 12.9. The summed E-state index contributed by atoms with van der Waals surface area (Å²) in [4.78, 5) is 1.78. The molecule has 1 atom stereocenters. The van der Waals surface area contributed by atoms with E-state index in [-0.39, 0.29) is 18.3 Å². The first-order valence-corrected chi connectivity index (χ1v) is 6.08. The molecule has 2 rings (SSSR count). The fourth-order valence-corrected chi connectivity index (χ4v) is 2.57. The third-order valence-corrected chi connectivity index (χ3v) is 3.36. The van der Waals surface area contributed by atoms with Crippen molar-refractivity contribution in [1.29, 1.82) is 0 Å². The van der Waals surface area contributed by atoms with Crippen LogP contribution in [0.3, 0.4) is 0 Å². The predicted molar refractivity (Wildman–Crippen MR) is 63.5 cm³/mol. The number of nitrogens with zero attached hydrogens (tertiary/aromatic N) is 1. The SMILES string of the molecule is OCCC1CCCN1c1ccccc1C(F)(F)F. The van der Waals surface area contributed by atoms with Crippen molar-refractivity contribution in [2.75, 3.05) is 18.1 Å². The molecule has 1 heterocycles. The van der Waals surface area contributed by atoms with E-state index in [4.69, 9.17) is 5.11 Å². The summed E-state index contributed by atoms with van der Waals surface area (Å²) in [6, 6.07) is 5.67. The Morgan fingerprint density at radius 3 is 2.67 bits per heavy atom. The zero-order valence-corrected chi connectivity index (χ0v) is 9.95. The van der Waals surface area contributed by atoms with Crippen molar-refractivity contribution in [3.63, 3.8) is 0 Å². The van der Waals surface area contributed by atoms with Gasteiger partial charge in [0.1, 0.15) is 0 Å². The fraction of sp³-hybridized carbons (Fsp3) is 0.538. The second-order valence-electron chi connectivity index (χ2n) is 4.52. The van der Waals surface area contributed by atoms with Crippen molar-refractivity contribution < 1.29 is 18.3 Å². The Bertz CT molecular complexity index is 405. The van der Waals surface area contributed by atoms with Crippen molar-refractivity contribution in [3.05, 3.63) is 29.8 Å². The second-order valence-corrected chi connectivity index (χ2v) is 4.52. The van der Waals surface area contributed by atoms with Crippen molar-refractivity contribution in [2.24, 2.45) is 0 Å². The van der Waals surface area contributed by atoms with Crippen LogP contribution in [0.5, 0.6) is 0 Å². The largest absolute Gasteiger partial charge is 0.418 e. The van der Waals surface area contributed by atoms with E-state index in [0.29, 0.717) is 13.0 Å². The highest BCUT2D eigenvalue weighted by atomic mass is 19.4. The molecule has 2 nitrogen and oxygen atoms in total. The molecule has 1 aliphatic rings. The molecule has 1 saturated heterocycles. The van der Waals surface area contributed by atoms with Crippen LogP contribution in [0.1, 0.15) is 24.8 Å². The molecule has 0 spiro atoms. The quantitative estimate of drug-likeness (QED) is 0.901. The van der Waals surface area contributed by atoms with Crippen molar-refractivity contribution in [2.45, 2.75) is 31.5 Å². The Morgan fingerprint density at radius 1 is 1.28 bits per heavy atom. The number of hydrogen-bond donors (Lipinski definition) is 1. The number of rotatable bonds is 3. The van der Waals surface area contributed by atoms with Gasteiger partial charge in [-0.15, -0.1) is 0 Å². The fourth-order valence-electron chi connectivity index (χ4n) is 2.57. The first-order chi connectivity index (χ1) is 8.54. The minimum atomic E-state index is -4.33. The Labute approximate surface area is 104 Å². The van der Waals surface area contributed by atoms with Crippen LogP contribution in [0.25, 0.3) is 0 Å². The van der Waals surface area contributed by atoms with E-state index in [1.807, 2.05) is 0 Å². The van der Waals surface area contributed by atoms with Gasteiger partial charge in [-0.25, -0.2) is 0 Å². The molecule has 1 N–H and O–H groups in total. The number of hydrogen-bond acceptors (Lipinski definition) is 2. The van der Waals surface area contributed by atoms with Gasteiger partial charge in [0.2, 0.25) is 0 Å². The molecule has 0 saturated carbocycles. The maximum Gasteiger partial charge on any atom is 0.418 e. The first kappa shape index (κ1) is 13.2. The summed E-state index contributed by atoms with van der Waals surface area (Å²) in [7, 11) is 0. The van der Waals surface area contributed by atoms with Crippen LogP contribution in [-0.4, -0.2) is 24.3 Å². The number of aliphatic hydroxyl groups excluding tert-OH is 1. The van der Waals surface area contributed by atoms with Crippen LogP contribution in [0.2, 0.25) is 0 Å². The minimum Gasteiger partial charge on any atom is -0.396 e. The average molecular weight is 259 g/mol. The molecule has 18 heavy (non-hydrogen) atoms. The lowest BCUT2D eigenvalue weighted by atomic mass is 10.1. The van der Waals surface area contributed by atoms with Crippen LogP contribution in [-0.2, 0) is 6.18 Å². The van der Waals surface area contributed by atoms with Crippen LogP contribution >= 0.6 is 0 Å². The van der Waals surface area contributed by atoms with E-state index in [2.05, 4.69) is 0 Å². The van der Waals surface area contributed by atoms with Gasteiger partial charge in [-0.2, -0.15) is 13.2 Å². The minimum absolute atomic E-state index is 0.00928. The topological polar surface area (TPSA) is 23.5 Å². The van der Waals surface area contributed by atoms with Gasteiger partial charge >= 0.3 is 6.18 Å². The van der Waals surface area contributed by atoms with E-state index in [9.17, 15) is 13.2 Å². The normalized spacial score (nSPS) is 20.4. The van der Waals surface area contributed by atoms with Gasteiger partial charge < -0.3 is 10.0 Å². The zero-order valence-electron chi connectivity index (χ0n) is 9.95. The molecule has 1 fully saturated rings. The third kappa shape index (κ3) is 2.61. The van der Waals surface area contributed by atoms with Gasteiger partial charge in [-0.05, 0) is 31.4 Å². The lowest BCUT2D eigenvalue weighted by Gasteiger charge is -2.29. The number of para-hydroxylation sites is 1. The lowest BCUT2D eigenvalue weighted by molar-refractivity contribution is -0.137. The summed E-state index contributed by atoms with van der Waals surface area (Å²) in [5.74, 6) is 0. The summed E-state index contributed by atoms with van der Waals surface area (Å²) in [5, 5.41) is 8.97. The van der Waals surface area contributed by atoms with Gasteiger partial charge in [0, 0.05) is 24.9 Å². The van der Waals surface area contributed by atoms with Gasteiger partial charge in [0.05, 0.1) is 5.56 Å². The van der Waals surface area contributed by atoms with Crippen LogP contribution in [0, 0.1) is 0 Å². The lowest BCUT2D eigenvalue weighted by Crippen LogP contribution is -2.31. The molecular weight excluding hydrogens is 243 g/mol. The number of anilines is 1. The molecule has 1 aliphatic heterocycles. The molecule has 0 aromatic heterocycles. The molecule has 0 radical (unpaired) electrons. The zero-order chi connectivity index (χ0) is 13.2. The van der Waals surface area contributed by atoms with E-state index in [0.717, 1.165) is 18.9 Å². The molecular formula is C13H16F3NO. The molecule has 0 aliphatic carbocycles. The van der Waals surface area contributed by atoms with Crippen LogP contribution in [0.15, 0.2) is 24.3 Å². The molecule has 1 unspecified atom stereocenters. The smallest absolute Gasteiger partial charge is 0.396 e. The van der Waals surface area contributed by atoms with Gasteiger partial charge in [0.25, 0.3) is 0 Å². The van der Waals surface area contributed by atoms with E-state index < -0.39 is 11.7 Å². The van der Waals surface area contributed by atoms with E-state index in [1.54, 1.807) is 11.0 Å². The van der Waals surface area contributed by atoms with Crippen molar-refractivity contribution in [3.8, 4) is 0 Å². The molecule has 1 aromatic carbocycles. The molecule has 0 bridgehead atoms. The Morgan fingerprint density at radius 2 is 2.00 bits per heavy atom. The number of halogens is 3. The van der Waals surface area contributed by atoms with Gasteiger partial charge in [-0.3, -0.25) is 0 Å². The highest BCUT2D eigenvalue weighted by Crippen LogP contribution is 2.39. The molecule has 100 valence electrons. The monoisotopic (exact) mass is 259 g/mol. The highest BCUT2D eigenvalue weighted by molar-refractivity contribution is 5.56. The van der Waals surface area contributed by atoms with Crippen LogP contribution < -0.4 is 4.90 Å². The van der Waals surface area contributed by atoms with Gasteiger partial charge in [0.15, 0.2) is 0 Å². The Hall–Kier alpha value is -1.23. The number of aliphatic hydroxyl groups is 1. The average Bonchev–Trinajstić information content (AvgIpc) is 2.77. The summed E-state index contributed by atoms with van der Waals surface area (Å²) in [6.45, 7) is 0.632. The highest BCUT2D eigenvalue weighted by Gasteiger charge is 2.36. The van der Waals surface area contributed by atoms with Crippen molar-refractivity contribution in [1.82, 2.24) is 0 Å². The first-order valence-electron chi connectivity index (χ1n) is 6.08. The molecule has 0 amide bonds. The van der Waals surface area contributed by atoms with Gasteiger partial charge in [-0.1, -0.05) is 12.1 Å². The number of alkyl halides is 3.